The molecule has 0 saturated carbocycles. The lowest BCUT2D eigenvalue weighted by Gasteiger charge is -1.99. The summed E-state index contributed by atoms with van der Waals surface area (Å²) in [5, 5.41) is 8.61. The summed E-state index contributed by atoms with van der Waals surface area (Å²) in [6.07, 6.45) is 9.44. The molecule has 1 rings (SSSR count). The van der Waals surface area contributed by atoms with Gasteiger partial charge in [-0.2, -0.15) is 5.26 Å². The van der Waals surface area contributed by atoms with E-state index in [9.17, 15) is 0 Å². The van der Waals surface area contributed by atoms with Gasteiger partial charge in [-0.3, -0.25) is 0 Å². The molecule has 0 aromatic rings. The molecule has 0 spiro atoms. The number of allylic oxidation sites excluding steroid dienone is 5. The van der Waals surface area contributed by atoms with Crippen LogP contribution in [-0.2, 0) is 0 Å². The van der Waals surface area contributed by atoms with Crippen LogP contribution in [0.15, 0.2) is 35.6 Å². The second kappa shape index (κ2) is 3.62. The monoisotopic (exact) mass is 146 g/mol. The molecule has 2 nitrogen and oxygen atoms in total. The number of nitrogens with zero attached hydrogens (tertiary/aromatic N) is 1. The zero-order valence-electron chi connectivity index (χ0n) is 6.25. The van der Waals surface area contributed by atoms with E-state index < -0.39 is 0 Å². The molecule has 0 bridgehead atoms. The first kappa shape index (κ1) is 7.62. The fraction of sp³-hybridized carbons (Fsp3) is 0.222. The molecule has 0 unspecified atom stereocenters. The summed E-state index contributed by atoms with van der Waals surface area (Å²) >= 11 is 0. The number of hydrogen-bond acceptors (Lipinski definition) is 2. The predicted octanol–water partition coefficient (Wildman–Crippen LogP) is 1.63. The Morgan fingerprint density at radius 2 is 2.27 bits per heavy atom. The van der Waals surface area contributed by atoms with Crippen molar-refractivity contribution in [1.82, 2.24) is 0 Å². The maximum Gasteiger partial charge on any atom is 0.101 e. The van der Waals surface area contributed by atoms with Crippen molar-refractivity contribution in [2.75, 3.05) is 0 Å². The van der Waals surface area contributed by atoms with Crippen LogP contribution < -0.4 is 5.73 Å². The zero-order valence-corrected chi connectivity index (χ0v) is 6.25. The minimum atomic E-state index is 0.556. The van der Waals surface area contributed by atoms with Crippen LogP contribution in [0.25, 0.3) is 0 Å². The Bertz CT molecular complexity index is 264. The maximum atomic E-state index is 8.61. The van der Waals surface area contributed by atoms with Crippen LogP contribution in [0.3, 0.4) is 0 Å². The highest BCUT2D eigenvalue weighted by Gasteiger charge is 1.98. The summed E-state index contributed by atoms with van der Waals surface area (Å²) in [5.41, 5.74) is 6.75. The van der Waals surface area contributed by atoms with Crippen LogP contribution in [0.1, 0.15) is 12.8 Å². The molecule has 0 aromatic heterocycles. The molecular weight excluding hydrogens is 136 g/mol. The number of nitrogens with two attached hydrogens (primary N) is 1. The van der Waals surface area contributed by atoms with Gasteiger partial charge in [0.25, 0.3) is 0 Å². The molecule has 2 heteroatoms. The van der Waals surface area contributed by atoms with Crippen LogP contribution in [0, 0.1) is 11.3 Å². The smallest absolute Gasteiger partial charge is 0.101 e. The van der Waals surface area contributed by atoms with Crippen LogP contribution in [0.5, 0.6) is 0 Å². The van der Waals surface area contributed by atoms with Crippen LogP contribution >= 0.6 is 0 Å². The lowest BCUT2D eigenvalue weighted by atomic mass is 10.1. The van der Waals surface area contributed by atoms with Crippen LogP contribution in [0.2, 0.25) is 0 Å². The van der Waals surface area contributed by atoms with E-state index in [1.54, 1.807) is 6.08 Å². The van der Waals surface area contributed by atoms with Crippen molar-refractivity contribution in [2.24, 2.45) is 5.73 Å². The fourth-order valence-corrected chi connectivity index (χ4v) is 0.904. The minimum absolute atomic E-state index is 0.556. The highest BCUT2D eigenvalue weighted by Crippen LogP contribution is 2.08. The van der Waals surface area contributed by atoms with Crippen molar-refractivity contribution < 1.29 is 0 Å². The summed E-state index contributed by atoms with van der Waals surface area (Å²) < 4.78 is 0. The van der Waals surface area contributed by atoms with E-state index in [0.717, 1.165) is 12.8 Å². The third kappa shape index (κ3) is 1.98. The first-order valence-corrected chi connectivity index (χ1v) is 3.57. The summed E-state index contributed by atoms with van der Waals surface area (Å²) in [6.45, 7) is 0. The SMILES string of the molecule is N#CC1=CC=CCCC=C1N. The van der Waals surface area contributed by atoms with Crippen molar-refractivity contribution in [3.05, 3.63) is 35.6 Å². The highest BCUT2D eigenvalue weighted by atomic mass is 14.6. The van der Waals surface area contributed by atoms with Gasteiger partial charge in [-0.05, 0) is 18.9 Å². The maximum absolute atomic E-state index is 8.61. The van der Waals surface area contributed by atoms with E-state index in [-0.39, 0.29) is 0 Å². The second-order valence-corrected chi connectivity index (χ2v) is 2.36. The summed E-state index contributed by atoms with van der Waals surface area (Å²) in [5.74, 6) is 0. The molecule has 1 aliphatic rings. The normalized spacial score (nSPS) is 17.4. The summed E-state index contributed by atoms with van der Waals surface area (Å²) in [7, 11) is 0. The molecule has 0 heterocycles. The van der Waals surface area contributed by atoms with Gasteiger partial charge >= 0.3 is 0 Å². The van der Waals surface area contributed by atoms with Crippen molar-refractivity contribution >= 4 is 0 Å². The summed E-state index contributed by atoms with van der Waals surface area (Å²) in [4.78, 5) is 0. The molecule has 0 saturated heterocycles. The van der Waals surface area contributed by atoms with Gasteiger partial charge in [-0.15, -0.1) is 0 Å². The topological polar surface area (TPSA) is 49.8 Å². The Kier molecular flexibility index (Phi) is 2.51. The molecular formula is C9H10N2. The van der Waals surface area contributed by atoms with Crippen LogP contribution in [0.4, 0.5) is 0 Å². The minimum Gasteiger partial charge on any atom is -0.398 e. The Morgan fingerprint density at radius 3 is 3.00 bits per heavy atom. The lowest BCUT2D eigenvalue weighted by Crippen LogP contribution is -2.00. The Labute approximate surface area is 66.3 Å². The third-order valence-corrected chi connectivity index (χ3v) is 1.53. The molecule has 0 aliphatic heterocycles. The van der Waals surface area contributed by atoms with E-state index in [1.165, 1.54) is 0 Å². The van der Waals surface area contributed by atoms with E-state index in [4.69, 9.17) is 11.0 Å². The average molecular weight is 146 g/mol. The largest absolute Gasteiger partial charge is 0.398 e. The fourth-order valence-electron chi connectivity index (χ4n) is 0.904. The molecule has 0 amide bonds. The van der Waals surface area contributed by atoms with Crippen molar-refractivity contribution in [2.45, 2.75) is 12.8 Å². The van der Waals surface area contributed by atoms with Gasteiger partial charge < -0.3 is 5.73 Å². The van der Waals surface area contributed by atoms with Gasteiger partial charge in [-0.25, -0.2) is 0 Å². The molecule has 0 radical (unpaired) electrons. The molecule has 0 aromatic carbocycles. The van der Waals surface area contributed by atoms with Gasteiger partial charge in [0, 0.05) is 5.70 Å². The number of rotatable bonds is 0. The molecule has 56 valence electrons. The Balaban J connectivity index is 2.93. The quantitative estimate of drug-likeness (QED) is 0.564. The first-order valence-electron chi connectivity index (χ1n) is 3.57. The van der Waals surface area contributed by atoms with Gasteiger partial charge in [0.15, 0.2) is 0 Å². The van der Waals surface area contributed by atoms with E-state index in [2.05, 4.69) is 0 Å². The highest BCUT2D eigenvalue weighted by molar-refractivity contribution is 5.42. The number of hydrogen-bond donors (Lipinski definition) is 1. The van der Waals surface area contributed by atoms with Gasteiger partial charge in [0.05, 0.1) is 5.57 Å². The van der Waals surface area contributed by atoms with Gasteiger partial charge in [0.1, 0.15) is 6.07 Å². The third-order valence-electron chi connectivity index (χ3n) is 1.53. The number of nitriles is 1. The average Bonchev–Trinajstić information content (AvgIpc) is 1.98. The Morgan fingerprint density at radius 1 is 1.45 bits per heavy atom. The molecule has 1 aliphatic carbocycles. The standard InChI is InChI=1S/C9H10N2/c10-7-8-5-3-1-2-4-6-9(8)11/h1,3,5-6H,2,4,11H2. The zero-order chi connectivity index (χ0) is 8.10. The van der Waals surface area contributed by atoms with Crippen molar-refractivity contribution in [1.29, 1.82) is 5.26 Å². The van der Waals surface area contributed by atoms with E-state index in [1.807, 2.05) is 24.3 Å². The van der Waals surface area contributed by atoms with E-state index >= 15 is 0 Å². The van der Waals surface area contributed by atoms with E-state index in [0.29, 0.717) is 11.3 Å². The van der Waals surface area contributed by atoms with Crippen molar-refractivity contribution in [3.63, 3.8) is 0 Å². The van der Waals surface area contributed by atoms with Crippen molar-refractivity contribution in [3.8, 4) is 6.07 Å². The molecule has 2 N–H and O–H groups in total. The molecule has 0 atom stereocenters. The molecule has 11 heavy (non-hydrogen) atoms. The lowest BCUT2D eigenvalue weighted by molar-refractivity contribution is 1.03. The second-order valence-electron chi connectivity index (χ2n) is 2.36. The molecule has 0 fully saturated rings. The summed E-state index contributed by atoms with van der Waals surface area (Å²) in [6, 6.07) is 2.04. The van der Waals surface area contributed by atoms with Gasteiger partial charge in [-0.1, -0.05) is 18.2 Å². The van der Waals surface area contributed by atoms with Gasteiger partial charge in [0.2, 0.25) is 0 Å². The predicted molar refractivity (Wildman–Crippen MR) is 44.3 cm³/mol. The Hall–Kier alpha value is -1.49. The van der Waals surface area contributed by atoms with Crippen LogP contribution in [-0.4, -0.2) is 0 Å². The first-order chi connectivity index (χ1) is 5.34.